The Kier molecular flexibility index (Phi) is 12.0. The maximum atomic E-state index is 12.8. The number of rotatable bonds is 12. The highest BCUT2D eigenvalue weighted by atomic mass is 35.5. The quantitative estimate of drug-likeness (QED) is 0.110. The van der Waals surface area contributed by atoms with Crippen LogP contribution in [0.1, 0.15) is 49.7 Å². The van der Waals surface area contributed by atoms with Gasteiger partial charge in [-0.05, 0) is 71.3 Å². The standard InChI is InChI=1S/C39H37NO6.ClH/c41-38(31-9-2-1-3-10-31)46-27-33-12-6-7-13-36(33)39(42)44-23-22-43-34-18-16-30(17-19-34)35-20-21-40-25-37(35)45-26-28-14-15-29-8-4-5-11-32(29)24-28;/h1-19,24,35,37,40H,20-23,25-27H2;1H. The van der Waals surface area contributed by atoms with Gasteiger partial charge in [0, 0.05) is 18.0 Å². The van der Waals surface area contributed by atoms with E-state index >= 15 is 0 Å². The van der Waals surface area contributed by atoms with Gasteiger partial charge in [0.15, 0.2) is 0 Å². The molecule has 8 heteroatoms. The summed E-state index contributed by atoms with van der Waals surface area (Å²) >= 11 is 0. The molecule has 242 valence electrons. The molecule has 5 aromatic carbocycles. The number of halogens is 1. The Morgan fingerprint density at radius 2 is 1.45 bits per heavy atom. The normalized spacial score (nSPS) is 15.7. The molecule has 0 aliphatic carbocycles. The number of esters is 2. The average Bonchev–Trinajstić information content (AvgIpc) is 3.12. The number of nitrogens with one attached hydrogen (secondary N) is 1. The van der Waals surface area contributed by atoms with Crippen LogP contribution in [0, 0.1) is 0 Å². The number of ether oxygens (including phenoxy) is 4. The van der Waals surface area contributed by atoms with Crippen LogP contribution < -0.4 is 10.1 Å². The minimum Gasteiger partial charge on any atom is -0.490 e. The van der Waals surface area contributed by atoms with Crippen molar-refractivity contribution in [2.75, 3.05) is 26.3 Å². The zero-order chi connectivity index (χ0) is 31.6. The molecule has 5 aromatic rings. The minimum absolute atomic E-state index is 0. The van der Waals surface area contributed by atoms with Gasteiger partial charge in [-0.1, -0.05) is 84.9 Å². The molecule has 1 aliphatic heterocycles. The summed E-state index contributed by atoms with van der Waals surface area (Å²) in [5, 5.41) is 5.93. The van der Waals surface area contributed by atoms with Gasteiger partial charge >= 0.3 is 11.9 Å². The van der Waals surface area contributed by atoms with E-state index in [9.17, 15) is 9.59 Å². The third kappa shape index (κ3) is 8.98. The molecule has 47 heavy (non-hydrogen) atoms. The van der Waals surface area contributed by atoms with Gasteiger partial charge in [-0.2, -0.15) is 0 Å². The van der Waals surface area contributed by atoms with Crippen molar-refractivity contribution in [3.05, 3.63) is 149 Å². The number of carbonyl (C=O) groups is 2. The van der Waals surface area contributed by atoms with Crippen LogP contribution in [0.5, 0.6) is 5.75 Å². The molecule has 1 aliphatic rings. The third-order valence-corrected chi connectivity index (χ3v) is 8.20. The van der Waals surface area contributed by atoms with Gasteiger partial charge in [-0.25, -0.2) is 9.59 Å². The van der Waals surface area contributed by atoms with Crippen molar-refractivity contribution in [3.63, 3.8) is 0 Å². The first-order valence-corrected chi connectivity index (χ1v) is 15.6. The summed E-state index contributed by atoms with van der Waals surface area (Å²) in [5.41, 5.74) is 3.77. The molecule has 7 nitrogen and oxygen atoms in total. The number of hydrogen-bond donors (Lipinski definition) is 1. The maximum absolute atomic E-state index is 12.8. The summed E-state index contributed by atoms with van der Waals surface area (Å²) in [7, 11) is 0. The second-order valence-corrected chi connectivity index (χ2v) is 11.3. The molecule has 0 aromatic heterocycles. The zero-order valence-electron chi connectivity index (χ0n) is 26.0. The highest BCUT2D eigenvalue weighted by Gasteiger charge is 2.27. The van der Waals surface area contributed by atoms with Crippen LogP contribution in [0.3, 0.4) is 0 Å². The van der Waals surface area contributed by atoms with E-state index in [-0.39, 0.29) is 44.2 Å². The number of carbonyl (C=O) groups excluding carboxylic acids is 2. The van der Waals surface area contributed by atoms with Gasteiger partial charge in [-0.3, -0.25) is 0 Å². The first-order chi connectivity index (χ1) is 22.6. The fourth-order valence-electron chi connectivity index (χ4n) is 5.75. The van der Waals surface area contributed by atoms with Crippen molar-refractivity contribution in [1.29, 1.82) is 0 Å². The van der Waals surface area contributed by atoms with E-state index in [1.165, 1.54) is 21.9 Å². The number of fused-ring (bicyclic) bond motifs is 1. The van der Waals surface area contributed by atoms with Crippen LogP contribution >= 0.6 is 12.4 Å². The van der Waals surface area contributed by atoms with Crippen molar-refractivity contribution < 1.29 is 28.5 Å². The van der Waals surface area contributed by atoms with Crippen LogP contribution in [-0.2, 0) is 27.4 Å². The lowest BCUT2D eigenvalue weighted by Crippen LogP contribution is -2.40. The molecule has 0 radical (unpaired) electrons. The summed E-state index contributed by atoms with van der Waals surface area (Å²) in [6.07, 6.45) is 1.06. The average molecular weight is 652 g/mol. The summed E-state index contributed by atoms with van der Waals surface area (Å²) in [6.45, 7) is 2.58. The van der Waals surface area contributed by atoms with Gasteiger partial charge in [0.05, 0.1) is 23.8 Å². The number of hydrogen-bond acceptors (Lipinski definition) is 7. The smallest absolute Gasteiger partial charge is 0.338 e. The van der Waals surface area contributed by atoms with Crippen molar-refractivity contribution in [2.45, 2.75) is 31.7 Å². The van der Waals surface area contributed by atoms with Crippen molar-refractivity contribution in [1.82, 2.24) is 5.32 Å². The van der Waals surface area contributed by atoms with Gasteiger partial charge in [0.1, 0.15) is 25.6 Å². The Balaban J connectivity index is 0.00000433. The highest BCUT2D eigenvalue weighted by molar-refractivity contribution is 5.92. The lowest BCUT2D eigenvalue weighted by atomic mass is 9.87. The zero-order valence-corrected chi connectivity index (χ0v) is 26.8. The topological polar surface area (TPSA) is 83.1 Å². The third-order valence-electron chi connectivity index (χ3n) is 8.20. The monoisotopic (exact) mass is 651 g/mol. The molecular weight excluding hydrogens is 614 g/mol. The second kappa shape index (κ2) is 16.7. The van der Waals surface area contributed by atoms with E-state index in [0.717, 1.165) is 19.5 Å². The molecule has 2 atom stereocenters. The van der Waals surface area contributed by atoms with Gasteiger partial charge in [0.25, 0.3) is 0 Å². The number of piperidine rings is 1. The summed E-state index contributed by atoms with van der Waals surface area (Å²) in [4.78, 5) is 25.1. The molecular formula is C39H38ClNO6. The highest BCUT2D eigenvalue weighted by Crippen LogP contribution is 2.30. The van der Waals surface area contributed by atoms with Crippen LogP contribution in [0.2, 0.25) is 0 Å². The van der Waals surface area contributed by atoms with Crippen LogP contribution in [0.15, 0.2) is 121 Å². The largest absolute Gasteiger partial charge is 0.490 e. The fourth-order valence-corrected chi connectivity index (χ4v) is 5.75. The fraction of sp³-hybridized carbons (Fsp3) is 0.231. The molecule has 0 spiro atoms. The lowest BCUT2D eigenvalue weighted by Gasteiger charge is -2.32. The van der Waals surface area contributed by atoms with E-state index < -0.39 is 11.9 Å². The Bertz CT molecular complexity index is 1760. The minimum atomic E-state index is -0.494. The van der Waals surface area contributed by atoms with E-state index in [1.54, 1.807) is 48.5 Å². The Morgan fingerprint density at radius 3 is 2.28 bits per heavy atom. The van der Waals surface area contributed by atoms with Crippen LogP contribution in [0.4, 0.5) is 0 Å². The van der Waals surface area contributed by atoms with Crippen LogP contribution in [0.25, 0.3) is 10.8 Å². The molecule has 1 heterocycles. The Hall–Kier alpha value is -4.69. The number of benzene rings is 5. The summed E-state index contributed by atoms with van der Waals surface area (Å²) in [5.74, 6) is 0.0395. The molecule has 0 saturated carbocycles. The van der Waals surface area contributed by atoms with E-state index in [4.69, 9.17) is 18.9 Å². The molecule has 1 fully saturated rings. The summed E-state index contributed by atoms with van der Waals surface area (Å²) in [6, 6.07) is 38.6. The van der Waals surface area contributed by atoms with Crippen molar-refractivity contribution in [2.24, 2.45) is 0 Å². The predicted molar refractivity (Wildman–Crippen MR) is 184 cm³/mol. The van der Waals surface area contributed by atoms with Gasteiger partial charge < -0.3 is 24.3 Å². The molecule has 1 N–H and O–H groups in total. The van der Waals surface area contributed by atoms with E-state index in [0.29, 0.717) is 29.0 Å². The molecule has 2 unspecified atom stereocenters. The molecule has 0 bridgehead atoms. The molecule has 6 rings (SSSR count). The Morgan fingerprint density at radius 1 is 0.702 bits per heavy atom. The molecule has 1 saturated heterocycles. The van der Waals surface area contributed by atoms with Gasteiger partial charge in [0.2, 0.25) is 0 Å². The van der Waals surface area contributed by atoms with E-state index in [2.05, 4.69) is 59.9 Å². The van der Waals surface area contributed by atoms with Crippen molar-refractivity contribution >= 4 is 35.1 Å². The van der Waals surface area contributed by atoms with Crippen LogP contribution in [-0.4, -0.2) is 44.3 Å². The summed E-state index contributed by atoms with van der Waals surface area (Å²) < 4.78 is 23.2. The lowest BCUT2D eigenvalue weighted by molar-refractivity contribution is 0.0106. The van der Waals surface area contributed by atoms with E-state index in [1.807, 2.05) is 18.2 Å². The Labute approximate surface area is 281 Å². The predicted octanol–water partition coefficient (Wildman–Crippen LogP) is 7.52. The second-order valence-electron chi connectivity index (χ2n) is 11.3. The van der Waals surface area contributed by atoms with Crippen molar-refractivity contribution in [3.8, 4) is 5.75 Å². The van der Waals surface area contributed by atoms with Gasteiger partial charge in [-0.15, -0.1) is 12.4 Å². The maximum Gasteiger partial charge on any atom is 0.338 e. The molecule has 0 amide bonds. The first kappa shape index (κ1) is 33.7. The first-order valence-electron chi connectivity index (χ1n) is 15.6. The SMILES string of the molecule is Cl.O=C(OCc1ccccc1C(=O)OCCOc1ccc(C2CCNCC2OCc2ccc3ccccc3c2)cc1)c1ccccc1.